The number of carbonyl (C=O) groups excluding carboxylic acids is 1. The van der Waals surface area contributed by atoms with E-state index in [2.05, 4.69) is 10.3 Å². The van der Waals surface area contributed by atoms with E-state index in [4.69, 9.17) is 0 Å². The second kappa shape index (κ2) is 8.33. The van der Waals surface area contributed by atoms with Gasteiger partial charge < -0.3 is 9.88 Å². The summed E-state index contributed by atoms with van der Waals surface area (Å²) in [4.78, 5) is 29.6. The summed E-state index contributed by atoms with van der Waals surface area (Å²) in [7, 11) is 0. The van der Waals surface area contributed by atoms with Crippen LogP contribution >= 0.6 is 0 Å². The Bertz CT molecular complexity index is 1250. The fraction of sp³-hybridized carbons (Fsp3) is 0.160. The normalized spacial score (nSPS) is 11.9. The minimum atomic E-state index is -0.125. The molecule has 1 N–H and O–H groups in total. The van der Waals surface area contributed by atoms with Gasteiger partial charge in [-0.1, -0.05) is 54.6 Å². The van der Waals surface area contributed by atoms with Gasteiger partial charge in [-0.2, -0.15) is 0 Å². The van der Waals surface area contributed by atoms with Crippen LogP contribution in [0.3, 0.4) is 0 Å². The Labute approximate surface area is 175 Å². The molecule has 0 aliphatic rings. The summed E-state index contributed by atoms with van der Waals surface area (Å²) in [5.74, 6) is -0.125. The number of nitrogens with zero attached hydrogens (tertiary/aromatic N) is 2. The van der Waals surface area contributed by atoms with Crippen LogP contribution in [0.4, 0.5) is 0 Å². The van der Waals surface area contributed by atoms with E-state index in [0.29, 0.717) is 17.8 Å². The van der Waals surface area contributed by atoms with E-state index in [9.17, 15) is 9.59 Å². The third kappa shape index (κ3) is 4.01. The second-order valence-corrected chi connectivity index (χ2v) is 7.38. The molecule has 0 unspecified atom stereocenters. The van der Waals surface area contributed by atoms with E-state index in [1.54, 1.807) is 23.6 Å². The summed E-state index contributed by atoms with van der Waals surface area (Å²) in [5.41, 5.74) is 4.55. The maximum Gasteiger partial charge on any atom is 0.272 e. The van der Waals surface area contributed by atoms with E-state index in [-0.39, 0.29) is 17.5 Å². The fourth-order valence-electron chi connectivity index (χ4n) is 3.53. The van der Waals surface area contributed by atoms with E-state index in [0.717, 1.165) is 22.2 Å². The van der Waals surface area contributed by atoms with E-state index in [1.165, 1.54) is 0 Å². The summed E-state index contributed by atoms with van der Waals surface area (Å²) in [6.45, 7) is 4.11. The molecule has 0 radical (unpaired) electrons. The first-order chi connectivity index (χ1) is 14.5. The zero-order chi connectivity index (χ0) is 21.1. The predicted molar refractivity (Wildman–Crippen MR) is 119 cm³/mol. The van der Waals surface area contributed by atoms with Crippen molar-refractivity contribution in [1.29, 1.82) is 0 Å². The van der Waals surface area contributed by atoms with Gasteiger partial charge in [0, 0.05) is 5.56 Å². The molecule has 1 amide bonds. The second-order valence-electron chi connectivity index (χ2n) is 7.38. The molecular weight excluding hydrogens is 374 g/mol. The quantitative estimate of drug-likeness (QED) is 0.548. The molecule has 1 atom stereocenters. The highest BCUT2D eigenvalue weighted by atomic mass is 16.1. The molecule has 0 fully saturated rings. The Kier molecular flexibility index (Phi) is 5.44. The standard InChI is InChI=1S/C25H23N3O2/c1-17(20-8-4-3-5-9-20)27-24(29)21-14-12-19(13-15-21)16-28-23-11-7-6-10-22(23)26-18(2)25(28)30/h3-15,17H,16H2,1-2H3,(H,27,29)/t17-/m0/s1. The Morgan fingerprint density at radius 3 is 2.37 bits per heavy atom. The number of amides is 1. The first-order valence-electron chi connectivity index (χ1n) is 9.94. The minimum Gasteiger partial charge on any atom is -0.346 e. The molecule has 4 rings (SSSR count). The van der Waals surface area contributed by atoms with Crippen molar-refractivity contribution in [2.24, 2.45) is 0 Å². The van der Waals surface area contributed by atoms with Crippen molar-refractivity contribution in [3.05, 3.63) is 112 Å². The first-order valence-corrected chi connectivity index (χ1v) is 9.94. The molecule has 30 heavy (non-hydrogen) atoms. The Hall–Kier alpha value is -3.73. The maximum absolute atomic E-state index is 12.7. The molecule has 0 spiro atoms. The molecule has 0 aliphatic heterocycles. The van der Waals surface area contributed by atoms with E-state index >= 15 is 0 Å². The van der Waals surface area contributed by atoms with Crippen LogP contribution in [0.2, 0.25) is 0 Å². The van der Waals surface area contributed by atoms with Gasteiger partial charge >= 0.3 is 0 Å². The number of benzene rings is 3. The Morgan fingerprint density at radius 1 is 0.967 bits per heavy atom. The van der Waals surface area contributed by atoms with Crippen molar-refractivity contribution in [2.45, 2.75) is 26.4 Å². The van der Waals surface area contributed by atoms with Crippen LogP contribution < -0.4 is 10.9 Å². The number of hydrogen-bond acceptors (Lipinski definition) is 3. The van der Waals surface area contributed by atoms with Crippen LogP contribution in [0.15, 0.2) is 83.7 Å². The van der Waals surface area contributed by atoms with Crippen molar-refractivity contribution in [2.75, 3.05) is 0 Å². The summed E-state index contributed by atoms with van der Waals surface area (Å²) in [6, 6.07) is 24.8. The van der Waals surface area contributed by atoms with Crippen LogP contribution in [0.25, 0.3) is 11.0 Å². The monoisotopic (exact) mass is 397 g/mol. The van der Waals surface area contributed by atoms with Crippen LogP contribution in [-0.4, -0.2) is 15.5 Å². The molecule has 4 aromatic rings. The highest BCUT2D eigenvalue weighted by molar-refractivity contribution is 5.94. The van der Waals surface area contributed by atoms with Crippen molar-refractivity contribution >= 4 is 16.9 Å². The van der Waals surface area contributed by atoms with Gasteiger partial charge in [-0.3, -0.25) is 9.59 Å². The zero-order valence-electron chi connectivity index (χ0n) is 17.0. The lowest BCUT2D eigenvalue weighted by molar-refractivity contribution is 0.0940. The van der Waals surface area contributed by atoms with Crippen LogP contribution in [0.1, 0.15) is 40.1 Å². The first kappa shape index (κ1) is 19.6. The number of rotatable bonds is 5. The number of aryl methyl sites for hydroxylation is 1. The molecule has 1 heterocycles. The molecular formula is C25H23N3O2. The molecule has 0 aliphatic carbocycles. The van der Waals surface area contributed by atoms with Crippen LogP contribution in [-0.2, 0) is 6.54 Å². The van der Waals surface area contributed by atoms with Gasteiger partial charge in [-0.05, 0) is 49.2 Å². The average molecular weight is 397 g/mol. The molecule has 1 aromatic heterocycles. The SMILES string of the molecule is Cc1nc2ccccc2n(Cc2ccc(C(=O)N[C@@H](C)c3ccccc3)cc2)c1=O. The van der Waals surface area contributed by atoms with Gasteiger partial charge in [-0.25, -0.2) is 4.98 Å². The van der Waals surface area contributed by atoms with Crippen molar-refractivity contribution in [1.82, 2.24) is 14.9 Å². The number of fused-ring (bicyclic) bond motifs is 1. The molecule has 0 bridgehead atoms. The van der Waals surface area contributed by atoms with E-state index in [1.807, 2.05) is 73.7 Å². The van der Waals surface area contributed by atoms with Gasteiger partial charge in [-0.15, -0.1) is 0 Å². The maximum atomic E-state index is 12.7. The Morgan fingerprint density at radius 2 is 1.63 bits per heavy atom. The topological polar surface area (TPSA) is 64.0 Å². The molecule has 150 valence electrons. The van der Waals surface area contributed by atoms with Crippen LogP contribution in [0, 0.1) is 6.92 Å². The fourth-order valence-corrected chi connectivity index (χ4v) is 3.53. The third-order valence-electron chi connectivity index (χ3n) is 5.22. The van der Waals surface area contributed by atoms with Gasteiger partial charge in [0.1, 0.15) is 5.69 Å². The largest absolute Gasteiger partial charge is 0.346 e. The van der Waals surface area contributed by atoms with Crippen molar-refractivity contribution < 1.29 is 4.79 Å². The number of aromatic nitrogens is 2. The molecule has 5 heteroatoms. The summed E-state index contributed by atoms with van der Waals surface area (Å²) >= 11 is 0. The summed E-state index contributed by atoms with van der Waals surface area (Å²) < 4.78 is 1.73. The van der Waals surface area contributed by atoms with Gasteiger partial charge in [0.2, 0.25) is 0 Å². The summed E-state index contributed by atoms with van der Waals surface area (Å²) in [5, 5.41) is 3.02. The lowest BCUT2D eigenvalue weighted by Gasteiger charge is -2.15. The predicted octanol–water partition coefficient (Wildman–Crippen LogP) is 4.24. The lowest BCUT2D eigenvalue weighted by atomic mass is 10.1. The number of carbonyl (C=O) groups is 1. The van der Waals surface area contributed by atoms with Gasteiger partial charge in [0.05, 0.1) is 23.6 Å². The van der Waals surface area contributed by atoms with Gasteiger partial charge in [0.25, 0.3) is 11.5 Å². The number of nitrogens with one attached hydrogen (secondary N) is 1. The average Bonchev–Trinajstić information content (AvgIpc) is 2.78. The zero-order valence-corrected chi connectivity index (χ0v) is 17.0. The smallest absolute Gasteiger partial charge is 0.272 e. The number of hydrogen-bond donors (Lipinski definition) is 1. The molecule has 3 aromatic carbocycles. The summed E-state index contributed by atoms with van der Waals surface area (Å²) in [6.07, 6.45) is 0. The highest BCUT2D eigenvalue weighted by Gasteiger charge is 2.12. The Balaban J connectivity index is 1.54. The molecule has 5 nitrogen and oxygen atoms in total. The number of para-hydroxylation sites is 2. The lowest BCUT2D eigenvalue weighted by Crippen LogP contribution is -2.26. The molecule has 0 saturated heterocycles. The third-order valence-corrected chi connectivity index (χ3v) is 5.22. The minimum absolute atomic E-state index is 0.0805. The molecule has 0 saturated carbocycles. The van der Waals surface area contributed by atoms with Crippen molar-refractivity contribution in [3.63, 3.8) is 0 Å². The van der Waals surface area contributed by atoms with Gasteiger partial charge in [0.15, 0.2) is 0 Å². The van der Waals surface area contributed by atoms with E-state index < -0.39 is 0 Å². The van der Waals surface area contributed by atoms with Crippen LogP contribution in [0.5, 0.6) is 0 Å². The van der Waals surface area contributed by atoms with Crippen molar-refractivity contribution in [3.8, 4) is 0 Å². The highest BCUT2D eigenvalue weighted by Crippen LogP contribution is 2.15.